The number of primary sulfonamides is 1. The lowest BCUT2D eigenvalue weighted by molar-refractivity contribution is 0.0318. The fourth-order valence-electron chi connectivity index (χ4n) is 2.23. The van der Waals surface area contributed by atoms with Crippen LogP contribution in [0.1, 0.15) is 34.6 Å². The summed E-state index contributed by atoms with van der Waals surface area (Å²) >= 11 is 5.93. The minimum Gasteiger partial charge on any atom is -0.494 e. The fourth-order valence-corrected chi connectivity index (χ4v) is 2.97. The van der Waals surface area contributed by atoms with Crippen LogP contribution < -0.4 is 9.88 Å². The van der Waals surface area contributed by atoms with Crippen LogP contribution in [0.3, 0.4) is 0 Å². The maximum absolute atomic E-state index is 12.4. The van der Waals surface area contributed by atoms with Crippen molar-refractivity contribution < 1.29 is 27.5 Å². The summed E-state index contributed by atoms with van der Waals surface area (Å²) in [5.41, 5.74) is 0.137. The molecule has 0 aliphatic carbocycles. The third-order valence-electron chi connectivity index (χ3n) is 3.59. The summed E-state index contributed by atoms with van der Waals surface area (Å²) in [6, 6.07) is 9.79. The number of benzene rings is 2. The molecule has 0 saturated carbocycles. The molecule has 2 N–H and O–H groups in total. The lowest BCUT2D eigenvalue weighted by Crippen LogP contribution is -2.25. The summed E-state index contributed by atoms with van der Waals surface area (Å²) in [5, 5.41) is 5.03. The van der Waals surface area contributed by atoms with Crippen LogP contribution in [-0.4, -0.2) is 32.9 Å². The van der Waals surface area contributed by atoms with Crippen molar-refractivity contribution in [1.82, 2.24) is 0 Å². The van der Waals surface area contributed by atoms with E-state index in [1.165, 1.54) is 19.1 Å². The van der Waals surface area contributed by atoms with E-state index in [0.717, 1.165) is 6.07 Å². The number of sulfonamides is 1. The topological polar surface area (TPSA) is 113 Å². The van der Waals surface area contributed by atoms with Gasteiger partial charge in [0.1, 0.15) is 5.75 Å². The molecule has 1 atom stereocenters. The van der Waals surface area contributed by atoms with Crippen LogP contribution in [0.5, 0.6) is 5.75 Å². The van der Waals surface area contributed by atoms with E-state index in [4.69, 9.17) is 26.2 Å². The summed E-state index contributed by atoms with van der Waals surface area (Å²) in [5.74, 6) is -0.743. The van der Waals surface area contributed by atoms with Gasteiger partial charge in [-0.3, -0.25) is 4.79 Å². The van der Waals surface area contributed by atoms with Crippen LogP contribution in [-0.2, 0) is 14.8 Å². The van der Waals surface area contributed by atoms with E-state index >= 15 is 0 Å². The fraction of sp³-hybridized carbons (Fsp3) is 0.222. The Balaban J connectivity index is 2.16. The van der Waals surface area contributed by atoms with Crippen molar-refractivity contribution in [3.63, 3.8) is 0 Å². The highest BCUT2D eigenvalue weighted by Gasteiger charge is 2.23. The molecule has 0 amide bonds. The van der Waals surface area contributed by atoms with E-state index in [1.54, 1.807) is 24.3 Å². The molecule has 2 rings (SSSR count). The summed E-state index contributed by atoms with van der Waals surface area (Å²) < 4.78 is 33.3. The maximum atomic E-state index is 12.4. The van der Waals surface area contributed by atoms with Crippen molar-refractivity contribution in [3.05, 3.63) is 58.6 Å². The average Bonchev–Trinajstić information content (AvgIpc) is 2.61. The Kier molecular flexibility index (Phi) is 6.59. The highest BCUT2D eigenvalue weighted by molar-refractivity contribution is 7.89. The van der Waals surface area contributed by atoms with Crippen LogP contribution in [0.2, 0.25) is 5.02 Å². The van der Waals surface area contributed by atoms with Gasteiger partial charge < -0.3 is 9.47 Å². The highest BCUT2D eigenvalue weighted by Crippen LogP contribution is 2.22. The van der Waals surface area contributed by atoms with E-state index in [9.17, 15) is 18.0 Å². The number of rotatable bonds is 7. The van der Waals surface area contributed by atoms with E-state index in [-0.39, 0.29) is 15.5 Å². The normalized spacial score (nSPS) is 12.3. The molecule has 27 heavy (non-hydrogen) atoms. The smallest absolute Gasteiger partial charge is 0.340 e. The lowest BCUT2D eigenvalue weighted by atomic mass is 10.1. The number of ether oxygens (including phenoxy) is 2. The van der Waals surface area contributed by atoms with Gasteiger partial charge in [0.2, 0.25) is 15.8 Å². The molecule has 0 spiro atoms. The predicted molar refractivity (Wildman–Crippen MR) is 99.6 cm³/mol. The predicted octanol–water partition coefficient (Wildman–Crippen LogP) is 2.81. The minimum absolute atomic E-state index is 0.0203. The first-order valence-electron chi connectivity index (χ1n) is 7.94. The van der Waals surface area contributed by atoms with Gasteiger partial charge in [0.05, 0.1) is 22.1 Å². The molecule has 0 saturated heterocycles. The molecule has 0 radical (unpaired) electrons. The molecule has 9 heteroatoms. The zero-order chi connectivity index (χ0) is 20.2. The molecule has 144 valence electrons. The van der Waals surface area contributed by atoms with Crippen molar-refractivity contribution in [2.24, 2.45) is 5.14 Å². The number of Topliss-reactive ketones (excluding diaryl/α,β-unsaturated/α-hetero) is 1. The Labute approximate surface area is 162 Å². The number of nitrogens with two attached hydrogens (primary N) is 1. The summed E-state index contributed by atoms with van der Waals surface area (Å²) in [4.78, 5) is 24.5. The summed E-state index contributed by atoms with van der Waals surface area (Å²) in [7, 11) is -4.02. The Morgan fingerprint density at radius 2 is 1.78 bits per heavy atom. The quantitative estimate of drug-likeness (QED) is 0.553. The number of hydrogen-bond donors (Lipinski definition) is 1. The van der Waals surface area contributed by atoms with Crippen LogP contribution >= 0.6 is 11.6 Å². The Morgan fingerprint density at radius 1 is 1.15 bits per heavy atom. The Hall–Kier alpha value is -2.42. The molecule has 0 heterocycles. The number of hydrogen-bond acceptors (Lipinski definition) is 6. The second-order valence-electron chi connectivity index (χ2n) is 5.56. The lowest BCUT2D eigenvalue weighted by Gasteiger charge is -2.14. The summed E-state index contributed by atoms with van der Waals surface area (Å²) in [6.45, 7) is 3.75. The van der Waals surface area contributed by atoms with Crippen LogP contribution in [0.25, 0.3) is 0 Å². The number of carbonyl (C=O) groups excluding carboxylic acids is 2. The molecule has 0 unspecified atom stereocenters. The molecule has 0 aliphatic rings. The number of halogens is 1. The maximum Gasteiger partial charge on any atom is 0.340 e. The van der Waals surface area contributed by atoms with Crippen molar-refractivity contribution in [1.29, 1.82) is 0 Å². The highest BCUT2D eigenvalue weighted by atomic mass is 35.5. The van der Waals surface area contributed by atoms with Crippen molar-refractivity contribution in [2.45, 2.75) is 24.8 Å². The molecule has 7 nitrogen and oxygen atoms in total. The molecule has 0 bridgehead atoms. The molecule has 2 aromatic carbocycles. The van der Waals surface area contributed by atoms with Gasteiger partial charge in [-0.15, -0.1) is 0 Å². The first kappa shape index (κ1) is 20.9. The first-order valence-corrected chi connectivity index (χ1v) is 9.86. The molecule has 2 aromatic rings. The van der Waals surface area contributed by atoms with Gasteiger partial charge >= 0.3 is 5.97 Å². The minimum atomic E-state index is -4.02. The van der Waals surface area contributed by atoms with Gasteiger partial charge in [-0.2, -0.15) is 0 Å². The average molecular weight is 412 g/mol. The first-order chi connectivity index (χ1) is 12.6. The van der Waals surface area contributed by atoms with E-state index in [1.807, 2.05) is 6.92 Å². The zero-order valence-electron chi connectivity index (χ0n) is 14.6. The van der Waals surface area contributed by atoms with E-state index in [0.29, 0.717) is 17.9 Å². The van der Waals surface area contributed by atoms with E-state index < -0.39 is 27.9 Å². The zero-order valence-corrected chi connectivity index (χ0v) is 16.2. The second-order valence-corrected chi connectivity index (χ2v) is 7.52. The third-order valence-corrected chi connectivity index (χ3v) is 4.83. The number of esters is 1. The monoisotopic (exact) mass is 411 g/mol. The van der Waals surface area contributed by atoms with Crippen LogP contribution in [0.15, 0.2) is 47.4 Å². The number of carbonyl (C=O) groups is 2. The van der Waals surface area contributed by atoms with Crippen LogP contribution in [0.4, 0.5) is 0 Å². The van der Waals surface area contributed by atoms with Gasteiger partial charge in [0.15, 0.2) is 6.10 Å². The second kappa shape index (κ2) is 8.51. The molecular formula is C18H18ClNO6S. The molecule has 0 fully saturated rings. The number of ketones is 1. The van der Waals surface area contributed by atoms with Gasteiger partial charge in [-0.05, 0) is 56.3 Å². The molecule has 0 aromatic heterocycles. The van der Waals surface area contributed by atoms with Gasteiger partial charge in [-0.1, -0.05) is 11.6 Å². The van der Waals surface area contributed by atoms with E-state index in [2.05, 4.69) is 0 Å². The van der Waals surface area contributed by atoms with Gasteiger partial charge in [0.25, 0.3) is 0 Å². The molecule has 0 aliphatic heterocycles. The van der Waals surface area contributed by atoms with Crippen LogP contribution in [0, 0.1) is 0 Å². The standard InChI is InChI=1S/C18H18ClNO6S/c1-3-25-13-6-4-12(5-7-13)17(21)11(2)26-18(22)15-10-14(27(20,23)24)8-9-16(15)19/h4-11H,3H2,1-2H3,(H2,20,23,24)/t11-/m0/s1. The van der Waals surface area contributed by atoms with Gasteiger partial charge in [0, 0.05) is 5.56 Å². The third kappa shape index (κ3) is 5.29. The van der Waals surface area contributed by atoms with Gasteiger partial charge in [-0.25, -0.2) is 18.4 Å². The Bertz CT molecular complexity index is 956. The molecular weight excluding hydrogens is 394 g/mol. The Morgan fingerprint density at radius 3 is 2.33 bits per heavy atom. The van der Waals surface area contributed by atoms with Crippen molar-refractivity contribution in [2.75, 3.05) is 6.61 Å². The van der Waals surface area contributed by atoms with Crippen molar-refractivity contribution >= 4 is 33.4 Å². The summed E-state index contributed by atoms with van der Waals surface area (Å²) in [6.07, 6.45) is -1.11. The largest absolute Gasteiger partial charge is 0.494 e. The SMILES string of the molecule is CCOc1ccc(C(=O)[C@H](C)OC(=O)c2cc(S(N)(=O)=O)ccc2Cl)cc1. The van der Waals surface area contributed by atoms with Crippen molar-refractivity contribution in [3.8, 4) is 5.75 Å².